The van der Waals surface area contributed by atoms with Crippen LogP contribution in [0, 0.1) is 12.3 Å². The lowest BCUT2D eigenvalue weighted by atomic mass is 9.89. The molecule has 124 valence electrons. The minimum Gasteiger partial charge on any atom is -0.441 e. The first-order valence-corrected chi connectivity index (χ1v) is 7.51. The van der Waals surface area contributed by atoms with E-state index in [4.69, 9.17) is 4.42 Å². The molecule has 1 unspecified atom stereocenters. The van der Waals surface area contributed by atoms with Crippen LogP contribution < -0.4 is 10.6 Å². The average molecular weight is 317 g/mol. The molecule has 2 rings (SSSR count). The number of oxazole rings is 1. The molecule has 23 heavy (non-hydrogen) atoms. The number of carbonyl (C=O) groups excluding carboxylic acids is 1. The summed E-state index contributed by atoms with van der Waals surface area (Å²) in [4.78, 5) is 16.1. The lowest BCUT2D eigenvalue weighted by Crippen LogP contribution is -2.40. The first-order valence-electron chi connectivity index (χ1n) is 7.51. The number of aryl methyl sites for hydroxylation is 1. The topological polar surface area (TPSA) is 87.4 Å². The Bertz CT molecular complexity index is 674. The van der Waals surface area contributed by atoms with Gasteiger partial charge >= 0.3 is 6.03 Å². The lowest BCUT2D eigenvalue weighted by Gasteiger charge is -2.25. The molecule has 6 nitrogen and oxygen atoms in total. The normalized spacial score (nSPS) is 12.7. The number of hydrogen-bond donors (Lipinski definition) is 3. The molecule has 3 N–H and O–H groups in total. The summed E-state index contributed by atoms with van der Waals surface area (Å²) in [5.41, 5.74) is 1.13. The Kier molecular flexibility index (Phi) is 5.05. The Morgan fingerprint density at radius 3 is 2.74 bits per heavy atom. The van der Waals surface area contributed by atoms with Gasteiger partial charge in [0.1, 0.15) is 5.76 Å². The molecule has 0 saturated carbocycles. The molecule has 0 fully saturated rings. The maximum absolute atomic E-state index is 11.9. The number of carbonyl (C=O) groups is 1. The van der Waals surface area contributed by atoms with Gasteiger partial charge in [-0.05, 0) is 30.5 Å². The van der Waals surface area contributed by atoms with Gasteiger partial charge in [0.05, 0.1) is 12.3 Å². The second kappa shape index (κ2) is 6.83. The van der Waals surface area contributed by atoms with Gasteiger partial charge in [0.2, 0.25) is 5.89 Å². The molecule has 0 aliphatic carbocycles. The highest BCUT2D eigenvalue weighted by Gasteiger charge is 2.22. The van der Waals surface area contributed by atoms with E-state index in [0.717, 1.165) is 11.3 Å². The first kappa shape index (κ1) is 17.0. The molecule has 0 aliphatic rings. The molecule has 0 radical (unpaired) electrons. The minimum atomic E-state index is -0.616. The smallest absolute Gasteiger partial charge is 0.319 e. The molecule has 2 amide bonds. The second-order valence-corrected chi connectivity index (χ2v) is 6.57. The number of hydrogen-bond acceptors (Lipinski definition) is 4. The molecular formula is C17H23N3O3. The third kappa shape index (κ3) is 4.82. The fourth-order valence-electron chi connectivity index (χ4n) is 1.89. The Morgan fingerprint density at radius 2 is 2.13 bits per heavy atom. The molecule has 1 heterocycles. The zero-order chi connectivity index (χ0) is 17.0. The Balaban J connectivity index is 1.96. The van der Waals surface area contributed by atoms with Crippen molar-refractivity contribution in [1.29, 1.82) is 0 Å². The fraction of sp³-hybridized carbons (Fsp3) is 0.412. The molecule has 6 heteroatoms. The number of rotatable bonds is 4. The molecule has 0 spiro atoms. The average Bonchev–Trinajstić information content (AvgIpc) is 2.90. The van der Waals surface area contributed by atoms with Crippen molar-refractivity contribution in [2.24, 2.45) is 5.41 Å². The fourth-order valence-corrected chi connectivity index (χ4v) is 1.89. The number of anilines is 1. The van der Waals surface area contributed by atoms with E-state index in [-0.39, 0.29) is 18.0 Å². The van der Waals surface area contributed by atoms with Crippen LogP contribution in [-0.4, -0.2) is 28.8 Å². The highest BCUT2D eigenvalue weighted by atomic mass is 16.4. The summed E-state index contributed by atoms with van der Waals surface area (Å²) in [5.74, 6) is 1.24. The number of aliphatic hydroxyl groups is 1. The van der Waals surface area contributed by atoms with E-state index in [9.17, 15) is 9.90 Å². The predicted octanol–water partition coefficient (Wildman–Crippen LogP) is 3.18. The predicted molar refractivity (Wildman–Crippen MR) is 89.2 cm³/mol. The van der Waals surface area contributed by atoms with Crippen LogP contribution in [-0.2, 0) is 0 Å². The molecule has 1 atom stereocenters. The van der Waals surface area contributed by atoms with Gasteiger partial charge in [0.15, 0.2) is 0 Å². The third-order valence-electron chi connectivity index (χ3n) is 3.44. The summed E-state index contributed by atoms with van der Waals surface area (Å²) < 4.78 is 5.47. The van der Waals surface area contributed by atoms with E-state index < -0.39 is 6.10 Å². The van der Waals surface area contributed by atoms with Gasteiger partial charge in [-0.2, -0.15) is 0 Å². The summed E-state index contributed by atoms with van der Waals surface area (Å²) in [6.45, 7) is 7.76. The van der Waals surface area contributed by atoms with E-state index in [2.05, 4.69) is 15.6 Å². The molecule has 0 aliphatic heterocycles. The number of amides is 2. The second-order valence-electron chi connectivity index (χ2n) is 6.57. The van der Waals surface area contributed by atoms with Crippen LogP contribution in [0.5, 0.6) is 0 Å². The summed E-state index contributed by atoms with van der Waals surface area (Å²) in [6.07, 6.45) is 1.03. The van der Waals surface area contributed by atoms with Crippen molar-refractivity contribution in [2.45, 2.75) is 33.8 Å². The van der Waals surface area contributed by atoms with Crippen LogP contribution in [0.3, 0.4) is 0 Å². The summed E-state index contributed by atoms with van der Waals surface area (Å²) in [5, 5.41) is 15.3. The van der Waals surface area contributed by atoms with Gasteiger partial charge in [-0.1, -0.05) is 26.8 Å². The minimum absolute atomic E-state index is 0.188. The summed E-state index contributed by atoms with van der Waals surface area (Å²) in [6, 6.07) is 6.87. The third-order valence-corrected chi connectivity index (χ3v) is 3.44. The van der Waals surface area contributed by atoms with Crippen molar-refractivity contribution < 1.29 is 14.3 Å². The van der Waals surface area contributed by atoms with Crippen LogP contribution in [0.25, 0.3) is 11.5 Å². The van der Waals surface area contributed by atoms with Crippen molar-refractivity contribution in [3.63, 3.8) is 0 Å². The van der Waals surface area contributed by atoms with Crippen molar-refractivity contribution in [2.75, 3.05) is 11.9 Å². The molecule has 1 aromatic carbocycles. The molecular weight excluding hydrogens is 294 g/mol. The Labute approximate surface area is 135 Å². The lowest BCUT2D eigenvalue weighted by molar-refractivity contribution is 0.0654. The number of nitrogens with zero attached hydrogens (tertiary/aromatic N) is 1. The van der Waals surface area contributed by atoms with Gasteiger partial charge in [0, 0.05) is 17.8 Å². The van der Waals surface area contributed by atoms with Gasteiger partial charge in [-0.3, -0.25) is 0 Å². The van der Waals surface area contributed by atoms with E-state index in [1.807, 2.05) is 39.8 Å². The number of benzene rings is 1. The zero-order valence-corrected chi connectivity index (χ0v) is 13.9. The maximum atomic E-state index is 11.9. The van der Waals surface area contributed by atoms with E-state index in [1.54, 1.807) is 18.3 Å². The maximum Gasteiger partial charge on any atom is 0.319 e. The molecule has 2 aromatic rings. The van der Waals surface area contributed by atoms with E-state index >= 15 is 0 Å². The van der Waals surface area contributed by atoms with Gasteiger partial charge < -0.3 is 20.2 Å². The summed E-state index contributed by atoms with van der Waals surface area (Å²) in [7, 11) is 0. The van der Waals surface area contributed by atoms with Crippen LogP contribution >= 0.6 is 0 Å². The molecule has 1 aromatic heterocycles. The number of urea groups is 1. The number of nitrogens with one attached hydrogen (secondary N) is 2. The Morgan fingerprint density at radius 1 is 1.39 bits per heavy atom. The van der Waals surface area contributed by atoms with Gasteiger partial charge in [-0.25, -0.2) is 9.78 Å². The highest BCUT2D eigenvalue weighted by molar-refractivity contribution is 5.89. The summed E-state index contributed by atoms with van der Waals surface area (Å²) >= 11 is 0. The quantitative estimate of drug-likeness (QED) is 0.808. The zero-order valence-electron chi connectivity index (χ0n) is 13.9. The van der Waals surface area contributed by atoms with Crippen LogP contribution in [0.1, 0.15) is 26.5 Å². The van der Waals surface area contributed by atoms with Crippen LogP contribution in [0.2, 0.25) is 0 Å². The highest BCUT2D eigenvalue weighted by Crippen LogP contribution is 2.22. The SMILES string of the molecule is Cc1cnc(-c2cccc(NC(=O)NCC(O)C(C)(C)C)c2)o1. The molecule has 0 bridgehead atoms. The standard InChI is InChI=1S/C17H23N3O3/c1-11-9-18-15(23-11)12-6-5-7-13(8-12)20-16(22)19-10-14(21)17(2,3)4/h5-9,14,21H,10H2,1-4H3,(H2,19,20,22). The van der Waals surface area contributed by atoms with Gasteiger partial charge in [0.25, 0.3) is 0 Å². The monoisotopic (exact) mass is 317 g/mol. The number of aromatic nitrogens is 1. The first-order chi connectivity index (χ1) is 10.8. The van der Waals surface area contributed by atoms with Crippen LogP contribution in [0.4, 0.5) is 10.5 Å². The molecule has 0 saturated heterocycles. The largest absolute Gasteiger partial charge is 0.441 e. The Hall–Kier alpha value is -2.34. The number of aliphatic hydroxyl groups excluding tert-OH is 1. The van der Waals surface area contributed by atoms with Crippen molar-refractivity contribution >= 4 is 11.7 Å². The van der Waals surface area contributed by atoms with E-state index in [1.165, 1.54) is 0 Å². The van der Waals surface area contributed by atoms with Crippen LogP contribution in [0.15, 0.2) is 34.9 Å². The van der Waals surface area contributed by atoms with E-state index in [0.29, 0.717) is 11.6 Å². The van der Waals surface area contributed by atoms with Crippen molar-refractivity contribution in [3.05, 3.63) is 36.2 Å². The van der Waals surface area contributed by atoms with Gasteiger partial charge in [-0.15, -0.1) is 0 Å². The van der Waals surface area contributed by atoms with Crippen molar-refractivity contribution in [1.82, 2.24) is 10.3 Å². The van der Waals surface area contributed by atoms with Crippen molar-refractivity contribution in [3.8, 4) is 11.5 Å².